The van der Waals surface area contributed by atoms with Crippen molar-refractivity contribution in [2.24, 2.45) is 17.8 Å². The Labute approximate surface area is 195 Å². The van der Waals surface area contributed by atoms with Crippen molar-refractivity contribution in [3.05, 3.63) is 34.3 Å². The Morgan fingerprint density at radius 2 is 1.73 bits per heavy atom. The average molecular weight is 485 g/mol. The third kappa shape index (κ3) is 2.96. The minimum Gasteiger partial charge on any atom is -0.296 e. The molecule has 0 radical (unpaired) electrons. The van der Waals surface area contributed by atoms with Crippen molar-refractivity contribution < 1.29 is 18.0 Å². The largest absolute Gasteiger partial charge is 0.296 e. The van der Waals surface area contributed by atoms with Crippen molar-refractivity contribution in [3.63, 3.8) is 0 Å². The minimum absolute atomic E-state index is 0.0847. The van der Waals surface area contributed by atoms with Gasteiger partial charge in [0.25, 0.3) is 21.8 Å². The molecule has 0 atom stereocenters. The number of rotatable bonds is 4. The van der Waals surface area contributed by atoms with Crippen LogP contribution in [0.25, 0.3) is 0 Å². The number of nitrogens with zero attached hydrogens (tertiary/aromatic N) is 3. The predicted octanol–water partition coefficient (Wildman–Crippen LogP) is 3.57. The Bertz CT molecular complexity index is 1280. The maximum absolute atomic E-state index is 12.9. The van der Waals surface area contributed by atoms with Gasteiger partial charge in [-0.2, -0.15) is 0 Å². The monoisotopic (exact) mass is 484 g/mol. The number of hydrogen-bond acceptors (Lipinski definition) is 7. The van der Waals surface area contributed by atoms with E-state index < -0.39 is 21.8 Å². The fourth-order valence-corrected chi connectivity index (χ4v) is 9.89. The van der Waals surface area contributed by atoms with E-state index in [0.29, 0.717) is 18.0 Å². The highest BCUT2D eigenvalue weighted by atomic mass is 32.2. The van der Waals surface area contributed by atoms with Gasteiger partial charge in [-0.05, 0) is 87.3 Å². The summed E-state index contributed by atoms with van der Waals surface area (Å²) in [4.78, 5) is 25.4. The minimum atomic E-state index is -3.90. The van der Waals surface area contributed by atoms with E-state index in [2.05, 4.69) is 15.5 Å². The molecular formula is C23H24N4O4S2. The van der Waals surface area contributed by atoms with Gasteiger partial charge in [0, 0.05) is 17.0 Å². The van der Waals surface area contributed by atoms with E-state index in [1.165, 1.54) is 68.1 Å². The molecule has 2 aromatic rings. The van der Waals surface area contributed by atoms with Crippen LogP contribution in [0.5, 0.6) is 0 Å². The standard InChI is InChI=1S/C23H24N4O4S2/c28-19(15-1-4-17-18(8-15)33(30,31)27(20(17)29)16-2-3-16)24-22-26-25-21(32-22)23-9-12-5-13(10-23)7-14(6-12)11-23/h1,4,8,12-14,16H,2-3,5-7,9-11H2,(H,24,26,28). The van der Waals surface area contributed by atoms with Crippen LogP contribution < -0.4 is 5.32 Å². The van der Waals surface area contributed by atoms with Crippen molar-refractivity contribution in [2.45, 2.75) is 67.7 Å². The fraction of sp³-hybridized carbons (Fsp3) is 0.565. The van der Waals surface area contributed by atoms with Gasteiger partial charge in [-0.1, -0.05) is 11.3 Å². The average Bonchev–Trinajstić information content (AvgIpc) is 3.42. The summed E-state index contributed by atoms with van der Waals surface area (Å²) < 4.78 is 26.7. The molecule has 2 heterocycles. The van der Waals surface area contributed by atoms with Gasteiger partial charge in [-0.25, -0.2) is 12.7 Å². The molecule has 33 heavy (non-hydrogen) atoms. The highest BCUT2D eigenvalue weighted by Crippen LogP contribution is 2.61. The Kier molecular flexibility index (Phi) is 4.03. The third-order valence-electron chi connectivity index (χ3n) is 8.23. The van der Waals surface area contributed by atoms with Gasteiger partial charge in [-0.3, -0.25) is 14.9 Å². The van der Waals surface area contributed by atoms with Crippen LogP contribution in [0.2, 0.25) is 0 Å². The molecule has 5 aliphatic carbocycles. The van der Waals surface area contributed by atoms with E-state index >= 15 is 0 Å². The summed E-state index contributed by atoms with van der Waals surface area (Å²) in [6, 6.07) is 3.99. The lowest BCUT2D eigenvalue weighted by molar-refractivity contribution is -0.00556. The maximum Gasteiger partial charge on any atom is 0.269 e. The lowest BCUT2D eigenvalue weighted by Crippen LogP contribution is -2.48. The number of benzene rings is 1. The van der Waals surface area contributed by atoms with E-state index in [4.69, 9.17) is 0 Å². The second-order valence-corrected chi connectivity index (χ2v) is 13.4. The number of amides is 2. The first-order chi connectivity index (χ1) is 15.8. The summed E-state index contributed by atoms with van der Waals surface area (Å²) in [5.41, 5.74) is 0.441. The first kappa shape index (κ1) is 20.1. The number of sulfonamides is 1. The smallest absolute Gasteiger partial charge is 0.269 e. The molecule has 1 aliphatic heterocycles. The molecule has 10 heteroatoms. The van der Waals surface area contributed by atoms with E-state index in [9.17, 15) is 18.0 Å². The molecule has 2 amide bonds. The number of aromatic nitrogens is 2. The van der Waals surface area contributed by atoms with Crippen LogP contribution in [0.15, 0.2) is 23.1 Å². The first-order valence-corrected chi connectivity index (χ1v) is 14.0. The van der Waals surface area contributed by atoms with Crippen LogP contribution in [0, 0.1) is 17.8 Å². The molecule has 1 aromatic heterocycles. The van der Waals surface area contributed by atoms with Gasteiger partial charge in [0.1, 0.15) is 9.90 Å². The van der Waals surface area contributed by atoms with Gasteiger partial charge >= 0.3 is 0 Å². The second-order valence-electron chi connectivity index (χ2n) is 10.6. The van der Waals surface area contributed by atoms with Crippen molar-refractivity contribution in [1.82, 2.24) is 14.5 Å². The summed E-state index contributed by atoms with van der Waals surface area (Å²) >= 11 is 1.45. The molecule has 172 valence electrons. The zero-order valence-corrected chi connectivity index (χ0v) is 19.6. The van der Waals surface area contributed by atoms with Crippen LogP contribution in [0.1, 0.15) is 77.1 Å². The topological polar surface area (TPSA) is 109 Å². The zero-order chi connectivity index (χ0) is 22.5. The van der Waals surface area contributed by atoms with Crippen molar-refractivity contribution >= 4 is 38.3 Å². The van der Waals surface area contributed by atoms with Crippen molar-refractivity contribution in [3.8, 4) is 0 Å². The van der Waals surface area contributed by atoms with E-state index in [-0.39, 0.29) is 27.5 Å². The van der Waals surface area contributed by atoms with Crippen LogP contribution in [-0.4, -0.2) is 40.8 Å². The molecule has 8 nitrogen and oxygen atoms in total. The van der Waals surface area contributed by atoms with Crippen LogP contribution in [-0.2, 0) is 15.4 Å². The van der Waals surface area contributed by atoms with E-state index in [0.717, 1.165) is 27.1 Å². The predicted molar refractivity (Wildman–Crippen MR) is 121 cm³/mol. The van der Waals surface area contributed by atoms with E-state index in [1.807, 2.05) is 0 Å². The van der Waals surface area contributed by atoms with Crippen LogP contribution in [0.3, 0.4) is 0 Å². The SMILES string of the molecule is O=C(Nc1nnc(C23CC4CC(CC(C4)C2)C3)s1)c1ccc2c(c1)S(=O)(=O)N(C1CC1)C2=O. The van der Waals surface area contributed by atoms with Gasteiger partial charge < -0.3 is 0 Å². The molecule has 5 fully saturated rings. The molecule has 1 aromatic carbocycles. The molecule has 0 unspecified atom stereocenters. The zero-order valence-electron chi connectivity index (χ0n) is 18.0. The summed E-state index contributed by atoms with van der Waals surface area (Å²) in [7, 11) is -3.90. The number of carbonyl (C=O) groups excluding carboxylic acids is 2. The highest BCUT2D eigenvalue weighted by Gasteiger charge is 2.53. The third-order valence-corrected chi connectivity index (χ3v) is 11.2. The Morgan fingerprint density at radius 1 is 1.06 bits per heavy atom. The molecule has 4 bridgehead atoms. The Hall–Kier alpha value is -2.33. The van der Waals surface area contributed by atoms with Gasteiger partial charge in [0.15, 0.2) is 0 Å². The first-order valence-electron chi connectivity index (χ1n) is 11.7. The van der Waals surface area contributed by atoms with Crippen LogP contribution >= 0.6 is 11.3 Å². The number of anilines is 1. The highest BCUT2D eigenvalue weighted by molar-refractivity contribution is 7.90. The fourth-order valence-electron chi connectivity index (χ4n) is 7.09. The Balaban J connectivity index is 1.13. The number of hydrogen-bond donors (Lipinski definition) is 1. The summed E-state index contributed by atoms with van der Waals surface area (Å²) in [6.07, 6.45) is 8.96. The summed E-state index contributed by atoms with van der Waals surface area (Å²) in [5, 5.41) is 13.0. The second kappa shape index (κ2) is 6.63. The lowest BCUT2D eigenvalue weighted by Gasteiger charge is -2.55. The van der Waals surface area contributed by atoms with E-state index in [1.54, 1.807) is 0 Å². The molecule has 0 saturated heterocycles. The van der Waals surface area contributed by atoms with Gasteiger partial charge in [-0.15, -0.1) is 10.2 Å². The molecule has 6 aliphatic rings. The number of carbonyl (C=O) groups is 2. The normalized spacial score (nSPS) is 33.4. The van der Waals surface area contributed by atoms with Crippen LogP contribution in [0.4, 0.5) is 5.13 Å². The number of fused-ring (bicyclic) bond motifs is 1. The van der Waals surface area contributed by atoms with Gasteiger partial charge in [0.2, 0.25) is 5.13 Å². The molecule has 1 N–H and O–H groups in total. The van der Waals surface area contributed by atoms with Gasteiger partial charge in [0.05, 0.1) is 5.56 Å². The van der Waals surface area contributed by atoms with Crippen molar-refractivity contribution in [2.75, 3.05) is 5.32 Å². The Morgan fingerprint density at radius 3 is 2.36 bits per heavy atom. The number of nitrogens with one attached hydrogen (secondary N) is 1. The molecular weight excluding hydrogens is 460 g/mol. The quantitative estimate of drug-likeness (QED) is 0.711. The lowest BCUT2D eigenvalue weighted by atomic mass is 9.50. The molecule has 5 saturated carbocycles. The summed E-state index contributed by atoms with van der Waals surface area (Å²) in [5.74, 6) is 1.45. The maximum atomic E-state index is 12.9. The van der Waals surface area contributed by atoms with Crippen molar-refractivity contribution in [1.29, 1.82) is 0 Å². The molecule has 0 spiro atoms. The molecule has 8 rings (SSSR count). The summed E-state index contributed by atoms with van der Waals surface area (Å²) in [6.45, 7) is 0.